The van der Waals surface area contributed by atoms with Crippen LogP contribution < -0.4 is 4.65 Å². The summed E-state index contributed by atoms with van der Waals surface area (Å²) in [6.45, 7) is 1.43. The maximum absolute atomic E-state index is 5.86. The second-order valence-electron chi connectivity index (χ2n) is 5.70. The molecule has 2 heterocycles. The van der Waals surface area contributed by atoms with Gasteiger partial charge in [-0.05, 0) is 29.8 Å². The summed E-state index contributed by atoms with van der Waals surface area (Å²) in [6, 6.07) is 18.1. The summed E-state index contributed by atoms with van der Waals surface area (Å²) >= 11 is 0. The lowest BCUT2D eigenvalue weighted by Crippen LogP contribution is -2.00. The Balaban J connectivity index is 1.39. The Morgan fingerprint density at radius 1 is 1.04 bits per heavy atom. The van der Waals surface area contributed by atoms with E-state index in [-0.39, 0.29) is 0 Å². The number of rotatable bonds is 5. The van der Waals surface area contributed by atoms with Gasteiger partial charge in [0, 0.05) is 17.1 Å². The number of para-hydroxylation sites is 1. The van der Waals surface area contributed by atoms with E-state index in [0.29, 0.717) is 14.1 Å². The number of hydrogen-bond donors (Lipinski definition) is 0. The fourth-order valence-corrected chi connectivity index (χ4v) is 2.76. The first-order chi connectivity index (χ1) is 12.4. The first-order valence-electron chi connectivity index (χ1n) is 8.31. The van der Waals surface area contributed by atoms with Crippen molar-refractivity contribution in [3.05, 3.63) is 77.9 Å². The van der Waals surface area contributed by atoms with Crippen molar-refractivity contribution >= 4 is 30.4 Å². The van der Waals surface area contributed by atoms with Crippen LogP contribution in [0, 0.1) is 0 Å². The Morgan fingerprint density at radius 2 is 1.92 bits per heavy atom. The van der Waals surface area contributed by atoms with Gasteiger partial charge in [0.2, 0.25) is 5.90 Å². The Hall–Kier alpha value is -3.08. The molecule has 0 unspecified atom stereocenters. The lowest BCUT2D eigenvalue weighted by molar-refractivity contribution is 0.348. The van der Waals surface area contributed by atoms with Gasteiger partial charge in [-0.15, -0.1) is 0 Å². The smallest absolute Gasteiger partial charge is 0.366 e. The zero-order chi connectivity index (χ0) is 16.9. The highest BCUT2D eigenvalue weighted by Gasteiger charge is 2.09. The van der Waals surface area contributed by atoms with E-state index < -0.39 is 0 Å². The maximum atomic E-state index is 5.86. The summed E-state index contributed by atoms with van der Waals surface area (Å²) < 4.78 is 11.3. The number of aliphatic imine (C=N–C) groups is 1. The van der Waals surface area contributed by atoms with E-state index in [1.165, 1.54) is 0 Å². The van der Waals surface area contributed by atoms with Crippen molar-refractivity contribution < 1.29 is 9.39 Å². The molecule has 4 nitrogen and oxygen atoms in total. The molecule has 0 fully saturated rings. The molecule has 0 spiro atoms. The van der Waals surface area contributed by atoms with Crippen LogP contribution in [0.15, 0.2) is 71.8 Å². The van der Waals surface area contributed by atoms with E-state index in [4.69, 9.17) is 9.39 Å². The topological polar surface area (TPSA) is 43.7 Å². The lowest BCUT2D eigenvalue weighted by Gasteiger charge is -2.06. The minimum atomic E-state index is 0.493. The van der Waals surface area contributed by atoms with Crippen molar-refractivity contribution in [3.63, 3.8) is 0 Å². The average Bonchev–Trinajstić information content (AvgIpc) is 3.21. The first-order valence-corrected chi connectivity index (χ1v) is 8.31. The third-order valence-corrected chi connectivity index (χ3v) is 3.98. The van der Waals surface area contributed by atoms with Crippen LogP contribution in [0.2, 0.25) is 0 Å². The molecule has 122 valence electrons. The van der Waals surface area contributed by atoms with Crippen LogP contribution in [-0.2, 0) is 4.74 Å². The largest absolute Gasteiger partial charge is 0.558 e. The molecule has 0 aliphatic carbocycles. The number of ether oxygens (including phenoxy) is 1. The van der Waals surface area contributed by atoms with Gasteiger partial charge in [-0.1, -0.05) is 42.4 Å². The number of fused-ring (bicyclic) bond motifs is 1. The summed E-state index contributed by atoms with van der Waals surface area (Å²) in [5.74, 6) is 3.54. The zero-order valence-corrected chi connectivity index (χ0v) is 13.8. The molecule has 0 saturated carbocycles. The highest BCUT2D eigenvalue weighted by atomic mass is 16.5. The van der Waals surface area contributed by atoms with Gasteiger partial charge < -0.3 is 9.39 Å². The summed E-state index contributed by atoms with van der Waals surface area (Å²) in [4.78, 5) is 8.71. The maximum Gasteiger partial charge on any atom is 0.366 e. The molecule has 3 aromatic rings. The van der Waals surface area contributed by atoms with Gasteiger partial charge in [0.25, 0.3) is 0 Å². The highest BCUT2D eigenvalue weighted by molar-refractivity contribution is 6.37. The fourth-order valence-electron chi connectivity index (χ4n) is 2.76. The van der Waals surface area contributed by atoms with Crippen molar-refractivity contribution in [1.82, 2.24) is 4.98 Å². The van der Waals surface area contributed by atoms with Crippen molar-refractivity contribution in [2.45, 2.75) is 0 Å². The number of pyridine rings is 1. The van der Waals surface area contributed by atoms with Crippen LogP contribution in [0.4, 0.5) is 0 Å². The molecule has 2 aromatic carbocycles. The second-order valence-corrected chi connectivity index (χ2v) is 5.70. The van der Waals surface area contributed by atoms with Crippen molar-refractivity contribution in [1.29, 1.82) is 0 Å². The number of benzene rings is 2. The molecule has 0 N–H and O–H groups in total. The third kappa shape index (κ3) is 3.55. The van der Waals surface area contributed by atoms with Gasteiger partial charge in [-0.3, -0.25) is 4.98 Å². The SMILES string of the molecule is B(C=Cc1ccc(C2=NCCO2)cc1)Oc1cccc2cccnc12. The minimum Gasteiger partial charge on any atom is -0.558 e. The standard InChI is InChI=1S/C20H17BN2O2/c1-3-16-4-2-12-22-19(16)18(5-1)25-21-11-10-15-6-8-17(9-7-15)20-23-13-14-24-20/h1-12,21H,13-14H2. The molecule has 25 heavy (non-hydrogen) atoms. The van der Waals surface area contributed by atoms with Crippen molar-refractivity contribution in [3.8, 4) is 5.75 Å². The van der Waals surface area contributed by atoms with Gasteiger partial charge in [-0.25, -0.2) is 4.99 Å². The molecule has 1 aliphatic heterocycles. The van der Waals surface area contributed by atoms with E-state index in [0.717, 1.165) is 40.2 Å². The molecule has 1 aromatic heterocycles. The Morgan fingerprint density at radius 3 is 2.76 bits per heavy atom. The van der Waals surface area contributed by atoms with Crippen LogP contribution in [-0.4, -0.2) is 31.5 Å². The van der Waals surface area contributed by atoms with Gasteiger partial charge in [0.1, 0.15) is 17.9 Å². The van der Waals surface area contributed by atoms with Crippen LogP contribution >= 0.6 is 0 Å². The molecule has 5 heteroatoms. The normalized spacial score (nSPS) is 13.7. The van der Waals surface area contributed by atoms with Gasteiger partial charge in [0.15, 0.2) is 0 Å². The molecule has 1 aliphatic rings. The highest BCUT2D eigenvalue weighted by Crippen LogP contribution is 2.22. The molecule has 0 bridgehead atoms. The predicted octanol–water partition coefficient (Wildman–Crippen LogP) is 3.41. The quantitative estimate of drug-likeness (QED) is 0.674. The second kappa shape index (κ2) is 7.22. The van der Waals surface area contributed by atoms with Crippen LogP contribution in [0.3, 0.4) is 0 Å². The van der Waals surface area contributed by atoms with E-state index >= 15 is 0 Å². The van der Waals surface area contributed by atoms with Crippen molar-refractivity contribution in [2.24, 2.45) is 4.99 Å². The Bertz CT molecular complexity index is 931. The van der Waals surface area contributed by atoms with Crippen LogP contribution in [0.5, 0.6) is 5.75 Å². The van der Waals surface area contributed by atoms with Gasteiger partial charge in [0.05, 0.1) is 6.54 Å². The van der Waals surface area contributed by atoms with Crippen molar-refractivity contribution in [2.75, 3.05) is 13.2 Å². The fraction of sp³-hybridized carbons (Fsp3) is 0.100. The number of nitrogens with zero attached hydrogens (tertiary/aromatic N) is 2. The molecule has 0 radical (unpaired) electrons. The molecule has 4 rings (SSSR count). The molecular formula is C20H17BN2O2. The third-order valence-electron chi connectivity index (χ3n) is 3.98. The summed E-state index contributed by atoms with van der Waals surface area (Å²) in [5, 5.41) is 1.08. The lowest BCUT2D eigenvalue weighted by atomic mass is 9.98. The Kier molecular flexibility index (Phi) is 4.46. The summed E-state index contributed by atoms with van der Waals surface area (Å²) in [6.07, 6.45) is 3.82. The first kappa shape index (κ1) is 15.5. The van der Waals surface area contributed by atoms with E-state index in [1.807, 2.05) is 54.5 Å². The van der Waals surface area contributed by atoms with Gasteiger partial charge >= 0.3 is 7.48 Å². The Labute approximate surface area is 147 Å². The minimum absolute atomic E-state index is 0.493. The molecular weight excluding hydrogens is 311 g/mol. The van der Waals surface area contributed by atoms with E-state index in [1.54, 1.807) is 6.20 Å². The van der Waals surface area contributed by atoms with E-state index in [2.05, 4.69) is 22.1 Å². The monoisotopic (exact) mass is 328 g/mol. The number of aromatic nitrogens is 1. The molecule has 0 saturated heterocycles. The van der Waals surface area contributed by atoms with Gasteiger partial charge in [-0.2, -0.15) is 0 Å². The molecule has 0 atom stereocenters. The van der Waals surface area contributed by atoms with E-state index in [9.17, 15) is 0 Å². The number of hydrogen-bond acceptors (Lipinski definition) is 4. The summed E-state index contributed by atoms with van der Waals surface area (Å²) in [7, 11) is 0.493. The van der Waals surface area contributed by atoms with Crippen LogP contribution in [0.1, 0.15) is 11.1 Å². The van der Waals surface area contributed by atoms with Crippen LogP contribution in [0.25, 0.3) is 17.0 Å². The predicted molar refractivity (Wildman–Crippen MR) is 102 cm³/mol. The summed E-state index contributed by atoms with van der Waals surface area (Å²) in [5.41, 5.74) is 3.02. The molecule has 0 amide bonds. The average molecular weight is 328 g/mol. The zero-order valence-electron chi connectivity index (χ0n) is 13.8.